The van der Waals surface area contributed by atoms with E-state index in [1.807, 2.05) is 0 Å². The molecule has 0 radical (unpaired) electrons. The third-order valence-electron chi connectivity index (χ3n) is 2.81. The van der Waals surface area contributed by atoms with Crippen molar-refractivity contribution in [3.05, 3.63) is 0 Å². The smallest absolute Gasteiger partial charge is 0.0332 e. The van der Waals surface area contributed by atoms with E-state index in [0.717, 1.165) is 17.8 Å². The zero-order chi connectivity index (χ0) is 7.94. The first-order valence-electron chi connectivity index (χ1n) is 4.43. The molecular weight excluding hydrogens is 120 g/mol. The summed E-state index contributed by atoms with van der Waals surface area (Å²) in [5.74, 6) is 2.94. The van der Waals surface area contributed by atoms with Crippen LogP contribution in [-0.4, -0.2) is 0 Å². The van der Waals surface area contributed by atoms with E-state index in [9.17, 15) is 0 Å². The molecule has 1 rings (SSSR count). The molecule has 0 bridgehead atoms. The van der Waals surface area contributed by atoms with Crippen LogP contribution in [0.15, 0.2) is 0 Å². The number of rotatable bonds is 1. The summed E-state index contributed by atoms with van der Waals surface area (Å²) in [7, 11) is 0. The van der Waals surface area contributed by atoms with Crippen molar-refractivity contribution >= 4 is 0 Å². The summed E-state index contributed by atoms with van der Waals surface area (Å²) in [5, 5.41) is 0. The van der Waals surface area contributed by atoms with Gasteiger partial charge in [-0.25, -0.2) is 0 Å². The van der Waals surface area contributed by atoms with Crippen molar-refractivity contribution in [1.82, 2.24) is 0 Å². The van der Waals surface area contributed by atoms with Gasteiger partial charge in [0.25, 0.3) is 0 Å². The molecule has 1 saturated carbocycles. The second kappa shape index (κ2) is 2.25. The van der Waals surface area contributed by atoms with Gasteiger partial charge in [0.15, 0.2) is 0 Å². The SMILES string of the molecule is CC(C)[C@H]1C[C@@H]1C(C)(C)C. The molecule has 0 aromatic rings. The Morgan fingerprint density at radius 2 is 1.70 bits per heavy atom. The largest absolute Gasteiger partial charge is 0.0625 e. The van der Waals surface area contributed by atoms with E-state index in [1.165, 1.54) is 6.42 Å². The molecule has 0 spiro atoms. The lowest BCUT2D eigenvalue weighted by atomic mass is 9.87. The van der Waals surface area contributed by atoms with Crippen molar-refractivity contribution in [2.24, 2.45) is 23.2 Å². The first-order valence-corrected chi connectivity index (χ1v) is 4.43. The highest BCUT2D eigenvalue weighted by Gasteiger charge is 2.46. The van der Waals surface area contributed by atoms with Crippen LogP contribution in [0, 0.1) is 23.2 Å². The number of hydrogen-bond acceptors (Lipinski definition) is 0. The third-order valence-corrected chi connectivity index (χ3v) is 2.81. The molecule has 0 nitrogen and oxygen atoms in total. The second-order valence-electron chi connectivity index (χ2n) is 5.12. The van der Waals surface area contributed by atoms with Crippen LogP contribution in [0.4, 0.5) is 0 Å². The Morgan fingerprint density at radius 1 is 1.20 bits per heavy atom. The third kappa shape index (κ3) is 1.53. The molecule has 0 unspecified atom stereocenters. The minimum Gasteiger partial charge on any atom is -0.0625 e. The normalized spacial score (nSPS) is 33.0. The van der Waals surface area contributed by atoms with Gasteiger partial charge in [-0.15, -0.1) is 0 Å². The molecule has 0 saturated heterocycles. The Bertz CT molecular complexity index is 116. The lowest BCUT2D eigenvalue weighted by Crippen LogP contribution is -2.10. The van der Waals surface area contributed by atoms with E-state index in [4.69, 9.17) is 0 Å². The summed E-state index contributed by atoms with van der Waals surface area (Å²) in [6, 6.07) is 0. The van der Waals surface area contributed by atoms with Crippen molar-refractivity contribution in [3.63, 3.8) is 0 Å². The van der Waals surface area contributed by atoms with Gasteiger partial charge >= 0.3 is 0 Å². The van der Waals surface area contributed by atoms with Gasteiger partial charge in [-0.05, 0) is 29.6 Å². The average molecular weight is 140 g/mol. The molecule has 1 fully saturated rings. The van der Waals surface area contributed by atoms with Gasteiger partial charge in [-0.1, -0.05) is 34.6 Å². The van der Waals surface area contributed by atoms with Gasteiger partial charge in [-0.2, -0.15) is 0 Å². The molecule has 0 heterocycles. The Balaban J connectivity index is 2.39. The highest BCUT2D eigenvalue weighted by molar-refractivity contribution is 4.95. The molecule has 60 valence electrons. The summed E-state index contributed by atoms with van der Waals surface area (Å²) in [4.78, 5) is 0. The van der Waals surface area contributed by atoms with Crippen LogP contribution >= 0.6 is 0 Å². The fourth-order valence-electron chi connectivity index (χ4n) is 1.95. The van der Waals surface area contributed by atoms with Crippen LogP contribution in [0.3, 0.4) is 0 Å². The topological polar surface area (TPSA) is 0 Å². The fourth-order valence-corrected chi connectivity index (χ4v) is 1.95. The van der Waals surface area contributed by atoms with Gasteiger partial charge < -0.3 is 0 Å². The lowest BCUT2D eigenvalue weighted by molar-refractivity contribution is 0.309. The van der Waals surface area contributed by atoms with E-state index in [1.54, 1.807) is 0 Å². The van der Waals surface area contributed by atoms with E-state index < -0.39 is 0 Å². The van der Waals surface area contributed by atoms with Crippen molar-refractivity contribution in [2.75, 3.05) is 0 Å². The molecule has 10 heavy (non-hydrogen) atoms. The summed E-state index contributed by atoms with van der Waals surface area (Å²) in [6.07, 6.45) is 1.47. The monoisotopic (exact) mass is 140 g/mol. The van der Waals surface area contributed by atoms with Crippen LogP contribution in [0.25, 0.3) is 0 Å². The summed E-state index contributed by atoms with van der Waals surface area (Å²) < 4.78 is 0. The van der Waals surface area contributed by atoms with Crippen molar-refractivity contribution < 1.29 is 0 Å². The molecule has 1 aliphatic rings. The highest BCUT2D eigenvalue weighted by atomic mass is 14.5. The van der Waals surface area contributed by atoms with Gasteiger partial charge in [0.2, 0.25) is 0 Å². The fraction of sp³-hybridized carbons (Fsp3) is 1.00. The summed E-state index contributed by atoms with van der Waals surface area (Å²) in [6.45, 7) is 11.8. The van der Waals surface area contributed by atoms with E-state index >= 15 is 0 Å². The van der Waals surface area contributed by atoms with Gasteiger partial charge in [0, 0.05) is 0 Å². The highest BCUT2D eigenvalue weighted by Crippen LogP contribution is 2.53. The minimum atomic E-state index is 0.564. The molecule has 2 atom stereocenters. The summed E-state index contributed by atoms with van der Waals surface area (Å²) in [5.41, 5.74) is 0.564. The molecule has 0 aromatic carbocycles. The predicted molar refractivity (Wildman–Crippen MR) is 45.9 cm³/mol. The van der Waals surface area contributed by atoms with Crippen LogP contribution in [0.5, 0.6) is 0 Å². The van der Waals surface area contributed by atoms with Crippen molar-refractivity contribution in [3.8, 4) is 0 Å². The average Bonchev–Trinajstić information content (AvgIpc) is 2.35. The van der Waals surface area contributed by atoms with Crippen LogP contribution in [0.2, 0.25) is 0 Å². The van der Waals surface area contributed by atoms with Gasteiger partial charge in [0.05, 0.1) is 0 Å². The summed E-state index contributed by atoms with van der Waals surface area (Å²) >= 11 is 0. The van der Waals surface area contributed by atoms with E-state index in [-0.39, 0.29) is 0 Å². The van der Waals surface area contributed by atoms with Crippen LogP contribution in [-0.2, 0) is 0 Å². The lowest BCUT2D eigenvalue weighted by Gasteiger charge is -2.18. The van der Waals surface area contributed by atoms with Crippen molar-refractivity contribution in [2.45, 2.75) is 41.0 Å². The molecule has 0 N–H and O–H groups in total. The Morgan fingerprint density at radius 3 is 1.80 bits per heavy atom. The maximum Gasteiger partial charge on any atom is -0.0332 e. The predicted octanol–water partition coefficient (Wildman–Crippen LogP) is 3.32. The molecule has 0 aliphatic heterocycles. The molecule has 0 aromatic heterocycles. The molecule has 1 aliphatic carbocycles. The molecule has 0 amide bonds. The first-order chi connectivity index (χ1) is 4.43. The zero-order valence-corrected chi connectivity index (χ0v) is 7.94. The number of hydrogen-bond donors (Lipinski definition) is 0. The molecular formula is C10H20. The Labute approximate surface area is 65.0 Å². The van der Waals surface area contributed by atoms with Crippen LogP contribution < -0.4 is 0 Å². The molecule has 0 heteroatoms. The Hall–Kier alpha value is 0. The van der Waals surface area contributed by atoms with E-state index in [0.29, 0.717) is 5.41 Å². The second-order valence-corrected chi connectivity index (χ2v) is 5.12. The quantitative estimate of drug-likeness (QED) is 0.524. The van der Waals surface area contributed by atoms with Crippen molar-refractivity contribution in [1.29, 1.82) is 0 Å². The maximum atomic E-state index is 2.36. The van der Waals surface area contributed by atoms with E-state index in [2.05, 4.69) is 34.6 Å². The standard InChI is InChI=1S/C10H20/c1-7(2)8-6-9(8)10(3,4)5/h7-9H,6H2,1-5H3/t8-,9+/m1/s1. The van der Waals surface area contributed by atoms with Gasteiger partial charge in [-0.3, -0.25) is 0 Å². The maximum absolute atomic E-state index is 2.36. The first kappa shape index (κ1) is 8.10. The minimum absolute atomic E-state index is 0.564. The Kier molecular flexibility index (Phi) is 1.82. The van der Waals surface area contributed by atoms with Gasteiger partial charge in [0.1, 0.15) is 0 Å². The zero-order valence-electron chi connectivity index (χ0n) is 7.94. The van der Waals surface area contributed by atoms with Crippen LogP contribution in [0.1, 0.15) is 41.0 Å².